The third-order valence-electron chi connectivity index (χ3n) is 4.68. The van der Waals surface area contributed by atoms with Crippen LogP contribution >= 0.6 is 11.8 Å². The molecule has 0 spiro atoms. The van der Waals surface area contributed by atoms with Crippen LogP contribution in [0.3, 0.4) is 0 Å². The van der Waals surface area contributed by atoms with Crippen LogP contribution in [0.2, 0.25) is 0 Å². The highest BCUT2D eigenvalue weighted by atomic mass is 32.2. The van der Waals surface area contributed by atoms with Crippen LogP contribution < -0.4 is 5.32 Å². The Morgan fingerprint density at radius 1 is 1.23 bits per heavy atom. The highest BCUT2D eigenvalue weighted by Crippen LogP contribution is 2.23. The summed E-state index contributed by atoms with van der Waals surface area (Å²) in [5, 5.41) is 12.6. The smallest absolute Gasteiger partial charge is 0.230 e. The van der Waals surface area contributed by atoms with Gasteiger partial charge in [0.05, 0.1) is 18.4 Å². The topological polar surface area (TPSA) is 69.0 Å². The van der Waals surface area contributed by atoms with Crippen LogP contribution in [0.15, 0.2) is 35.5 Å². The number of thioether (sulfide) groups is 1. The Balaban J connectivity index is 1.47. The summed E-state index contributed by atoms with van der Waals surface area (Å²) in [6.07, 6.45) is 5.32. The second-order valence-corrected chi connectivity index (χ2v) is 7.88. The van der Waals surface area contributed by atoms with Gasteiger partial charge in [-0.05, 0) is 31.2 Å². The van der Waals surface area contributed by atoms with Gasteiger partial charge < -0.3 is 14.6 Å². The van der Waals surface area contributed by atoms with Crippen LogP contribution in [0.1, 0.15) is 37.1 Å². The maximum atomic E-state index is 12.0. The van der Waals surface area contributed by atoms with Crippen LogP contribution in [0.25, 0.3) is 0 Å². The molecular weight excluding hydrogens is 348 g/mol. The summed E-state index contributed by atoms with van der Waals surface area (Å²) < 4.78 is 7.94. The van der Waals surface area contributed by atoms with Crippen LogP contribution in [0, 0.1) is 0 Å². The van der Waals surface area contributed by atoms with Crippen LogP contribution in [-0.2, 0) is 22.5 Å². The Labute approximate surface area is 157 Å². The number of carbonyl (C=O) groups excluding carboxylic acids is 1. The molecule has 26 heavy (non-hydrogen) atoms. The van der Waals surface area contributed by atoms with Crippen molar-refractivity contribution in [1.82, 2.24) is 20.1 Å². The molecule has 138 valence electrons. The predicted octanol–water partition coefficient (Wildman–Crippen LogP) is 2.42. The number of amides is 1. The van der Waals surface area contributed by atoms with Gasteiger partial charge in [-0.1, -0.05) is 42.1 Å². The van der Waals surface area contributed by atoms with Crippen LogP contribution in [0.5, 0.6) is 0 Å². The molecule has 1 saturated carbocycles. The van der Waals surface area contributed by atoms with E-state index < -0.39 is 0 Å². The first kappa shape index (κ1) is 17.5. The fourth-order valence-electron chi connectivity index (χ4n) is 3.14. The quantitative estimate of drug-likeness (QED) is 0.721. The van der Waals surface area contributed by atoms with Crippen molar-refractivity contribution in [1.29, 1.82) is 0 Å². The lowest BCUT2D eigenvalue weighted by Crippen LogP contribution is -2.27. The predicted molar refractivity (Wildman–Crippen MR) is 100 cm³/mol. The van der Waals surface area contributed by atoms with Crippen molar-refractivity contribution in [2.75, 3.05) is 12.4 Å². The lowest BCUT2D eigenvalue weighted by Gasteiger charge is -2.14. The highest BCUT2D eigenvalue weighted by Gasteiger charge is 2.24. The van der Waals surface area contributed by atoms with E-state index in [1.54, 1.807) is 0 Å². The molecular formula is C19H24N4O2S. The molecule has 1 aliphatic carbocycles. The van der Waals surface area contributed by atoms with Crippen molar-refractivity contribution < 1.29 is 9.53 Å². The normalized spacial score (nSPS) is 19.6. The van der Waals surface area contributed by atoms with Crippen LogP contribution in [-0.4, -0.2) is 45.2 Å². The number of nitrogens with one attached hydrogen (secondary N) is 1. The standard InChI is InChI=1S/C19H24N4O2S/c24-18(20-15-8-9-15)13-26-19-22-21-17(11-14-5-2-1-3-6-14)23(19)12-16-7-4-10-25-16/h1-3,5-6,15-16H,4,7-13H2,(H,20,24)/t16-/m1/s1. The SMILES string of the molecule is O=C(CSc1nnc(Cc2ccccc2)n1C[C@H]1CCCO1)NC1CC1. The lowest BCUT2D eigenvalue weighted by atomic mass is 10.1. The van der Waals surface area contributed by atoms with E-state index >= 15 is 0 Å². The number of aromatic nitrogens is 3. The Morgan fingerprint density at radius 3 is 2.81 bits per heavy atom. The molecule has 7 heteroatoms. The van der Waals surface area contributed by atoms with Gasteiger partial charge >= 0.3 is 0 Å². The number of rotatable bonds is 8. The molecule has 0 unspecified atom stereocenters. The number of ether oxygens (including phenoxy) is 1. The molecule has 2 aromatic rings. The highest BCUT2D eigenvalue weighted by molar-refractivity contribution is 7.99. The summed E-state index contributed by atoms with van der Waals surface area (Å²) in [6, 6.07) is 10.7. The summed E-state index contributed by atoms with van der Waals surface area (Å²) in [5.74, 6) is 1.39. The molecule has 1 atom stereocenters. The summed E-state index contributed by atoms with van der Waals surface area (Å²) in [4.78, 5) is 12.0. The van der Waals surface area contributed by atoms with Crippen molar-refractivity contribution in [2.24, 2.45) is 0 Å². The van der Waals surface area contributed by atoms with E-state index in [-0.39, 0.29) is 12.0 Å². The van der Waals surface area contributed by atoms with E-state index in [9.17, 15) is 4.79 Å². The first-order chi connectivity index (χ1) is 12.8. The third-order valence-corrected chi connectivity index (χ3v) is 5.65. The van der Waals surface area contributed by atoms with Gasteiger partial charge in [-0.25, -0.2) is 0 Å². The zero-order valence-electron chi connectivity index (χ0n) is 14.8. The first-order valence-electron chi connectivity index (χ1n) is 9.27. The Hall–Kier alpha value is -1.86. The third kappa shape index (κ3) is 4.65. The minimum atomic E-state index is 0.0776. The van der Waals surface area contributed by atoms with Crippen molar-refractivity contribution in [2.45, 2.75) is 56.0 Å². The average molecular weight is 372 g/mol. The first-order valence-corrected chi connectivity index (χ1v) is 10.3. The number of benzene rings is 1. The average Bonchev–Trinajstić information content (AvgIpc) is 3.16. The summed E-state index contributed by atoms with van der Waals surface area (Å²) in [5.41, 5.74) is 1.21. The fraction of sp³-hybridized carbons (Fsp3) is 0.526. The minimum Gasteiger partial charge on any atom is -0.376 e. The van der Waals surface area contributed by atoms with E-state index in [4.69, 9.17) is 4.74 Å². The molecule has 1 saturated heterocycles. The molecule has 2 heterocycles. The Morgan fingerprint density at radius 2 is 2.08 bits per heavy atom. The molecule has 0 bridgehead atoms. The zero-order chi connectivity index (χ0) is 17.8. The second kappa shape index (κ2) is 8.22. The van der Waals surface area contributed by atoms with Crippen molar-refractivity contribution in [3.8, 4) is 0 Å². The molecule has 6 nitrogen and oxygen atoms in total. The molecule has 0 radical (unpaired) electrons. The molecule has 1 N–H and O–H groups in total. The van der Waals surface area contributed by atoms with Gasteiger partial charge in [0.1, 0.15) is 5.82 Å². The van der Waals surface area contributed by atoms with Crippen molar-refractivity contribution in [3.63, 3.8) is 0 Å². The lowest BCUT2D eigenvalue weighted by molar-refractivity contribution is -0.118. The summed E-state index contributed by atoms with van der Waals surface area (Å²) in [6.45, 7) is 1.58. The second-order valence-electron chi connectivity index (χ2n) is 6.94. The van der Waals surface area contributed by atoms with Gasteiger partial charge in [-0.15, -0.1) is 10.2 Å². The van der Waals surface area contributed by atoms with Gasteiger partial charge in [0.2, 0.25) is 5.91 Å². The van der Waals surface area contributed by atoms with Gasteiger partial charge in [0, 0.05) is 19.1 Å². The summed E-state index contributed by atoms with van der Waals surface area (Å²) in [7, 11) is 0. The largest absolute Gasteiger partial charge is 0.376 e. The van der Waals surface area contributed by atoms with Gasteiger partial charge in [-0.3, -0.25) is 4.79 Å². The Bertz CT molecular complexity index is 739. The van der Waals surface area contributed by atoms with E-state index in [0.29, 0.717) is 11.8 Å². The number of nitrogens with zero attached hydrogens (tertiary/aromatic N) is 3. The van der Waals surface area contributed by atoms with E-state index in [2.05, 4.69) is 32.2 Å². The zero-order valence-corrected chi connectivity index (χ0v) is 15.6. The molecule has 4 rings (SSSR count). The molecule has 1 aliphatic heterocycles. The molecule has 1 aromatic heterocycles. The molecule has 2 aliphatic rings. The van der Waals surface area contributed by atoms with E-state index in [1.807, 2.05) is 18.2 Å². The monoisotopic (exact) mass is 372 g/mol. The summed E-state index contributed by atoms with van der Waals surface area (Å²) >= 11 is 1.46. The molecule has 1 amide bonds. The number of hydrogen-bond acceptors (Lipinski definition) is 5. The Kier molecular flexibility index (Phi) is 5.55. The van der Waals surface area contributed by atoms with Gasteiger partial charge in [0.25, 0.3) is 0 Å². The van der Waals surface area contributed by atoms with Crippen LogP contribution in [0.4, 0.5) is 0 Å². The minimum absolute atomic E-state index is 0.0776. The number of carbonyl (C=O) groups is 1. The molecule has 2 fully saturated rings. The maximum absolute atomic E-state index is 12.0. The van der Waals surface area contributed by atoms with Gasteiger partial charge in [-0.2, -0.15) is 0 Å². The molecule has 1 aromatic carbocycles. The van der Waals surface area contributed by atoms with Crippen molar-refractivity contribution in [3.05, 3.63) is 41.7 Å². The van der Waals surface area contributed by atoms with E-state index in [1.165, 1.54) is 17.3 Å². The number of hydrogen-bond donors (Lipinski definition) is 1. The van der Waals surface area contributed by atoms with Gasteiger partial charge in [0.15, 0.2) is 5.16 Å². The fourth-order valence-corrected chi connectivity index (χ4v) is 3.92. The van der Waals surface area contributed by atoms with E-state index in [0.717, 1.165) is 56.2 Å². The van der Waals surface area contributed by atoms with Crippen molar-refractivity contribution >= 4 is 17.7 Å². The maximum Gasteiger partial charge on any atom is 0.230 e.